The molecule has 0 bridgehead atoms. The number of benzene rings is 2. The average Bonchev–Trinajstić information content (AvgIpc) is 2.70. The third-order valence-electron chi connectivity index (χ3n) is 4.48. The standard InChI is InChI=1S/C21H24N2O4/c1-26-19-8-4-16(5-9-19)14-20(24)22-18-6-2-17(3-7-18)15-21(25)23-10-12-27-13-11-23/h2-9H,10-15H2,1H3,(H,22,24). The molecule has 3 rings (SSSR count). The number of hydrogen-bond acceptors (Lipinski definition) is 4. The monoisotopic (exact) mass is 368 g/mol. The second-order valence-electron chi connectivity index (χ2n) is 6.44. The zero-order valence-corrected chi connectivity index (χ0v) is 15.4. The summed E-state index contributed by atoms with van der Waals surface area (Å²) in [5.41, 5.74) is 2.57. The molecule has 0 aromatic heterocycles. The van der Waals surface area contributed by atoms with Crippen LogP contribution in [0.3, 0.4) is 0 Å². The molecule has 2 aromatic rings. The number of rotatable bonds is 6. The molecule has 6 nitrogen and oxygen atoms in total. The molecule has 0 saturated carbocycles. The second kappa shape index (κ2) is 9.19. The van der Waals surface area contributed by atoms with Crippen LogP contribution in [0.1, 0.15) is 11.1 Å². The van der Waals surface area contributed by atoms with E-state index in [1.165, 1.54) is 0 Å². The van der Waals surface area contributed by atoms with Gasteiger partial charge in [0.15, 0.2) is 0 Å². The Morgan fingerprint density at radius 1 is 0.963 bits per heavy atom. The van der Waals surface area contributed by atoms with Gasteiger partial charge in [-0.1, -0.05) is 24.3 Å². The summed E-state index contributed by atoms with van der Waals surface area (Å²) in [4.78, 5) is 26.3. The first kappa shape index (κ1) is 18.9. The van der Waals surface area contributed by atoms with E-state index in [9.17, 15) is 9.59 Å². The lowest BCUT2D eigenvalue weighted by Gasteiger charge is -2.26. The van der Waals surface area contributed by atoms with Gasteiger partial charge in [-0.25, -0.2) is 0 Å². The maximum Gasteiger partial charge on any atom is 0.228 e. The number of hydrogen-bond donors (Lipinski definition) is 1. The van der Waals surface area contributed by atoms with Gasteiger partial charge < -0.3 is 19.7 Å². The normalized spacial score (nSPS) is 13.9. The summed E-state index contributed by atoms with van der Waals surface area (Å²) in [5.74, 6) is 0.785. The fourth-order valence-electron chi connectivity index (χ4n) is 2.94. The first-order valence-corrected chi connectivity index (χ1v) is 9.01. The topological polar surface area (TPSA) is 67.9 Å². The van der Waals surface area contributed by atoms with E-state index in [0.717, 1.165) is 22.6 Å². The van der Waals surface area contributed by atoms with Crippen molar-refractivity contribution in [2.75, 3.05) is 38.7 Å². The average molecular weight is 368 g/mol. The molecule has 0 radical (unpaired) electrons. The molecule has 0 spiro atoms. The minimum atomic E-state index is -0.0858. The minimum Gasteiger partial charge on any atom is -0.497 e. The van der Waals surface area contributed by atoms with Crippen LogP contribution in [0.2, 0.25) is 0 Å². The fourth-order valence-corrected chi connectivity index (χ4v) is 2.94. The Balaban J connectivity index is 1.50. The van der Waals surface area contributed by atoms with E-state index in [4.69, 9.17) is 9.47 Å². The Morgan fingerprint density at radius 3 is 2.19 bits per heavy atom. The summed E-state index contributed by atoms with van der Waals surface area (Å²) in [6.45, 7) is 2.51. The van der Waals surface area contributed by atoms with Crippen molar-refractivity contribution in [2.45, 2.75) is 12.8 Å². The summed E-state index contributed by atoms with van der Waals surface area (Å²) < 4.78 is 10.4. The van der Waals surface area contributed by atoms with Crippen molar-refractivity contribution in [3.63, 3.8) is 0 Å². The predicted octanol–water partition coefficient (Wildman–Crippen LogP) is 2.28. The maximum atomic E-state index is 12.3. The highest BCUT2D eigenvalue weighted by atomic mass is 16.5. The van der Waals surface area contributed by atoms with Crippen LogP contribution in [0, 0.1) is 0 Å². The number of amides is 2. The van der Waals surface area contributed by atoms with Gasteiger partial charge in [-0.05, 0) is 35.4 Å². The molecule has 0 aliphatic carbocycles. The Hall–Kier alpha value is -2.86. The quantitative estimate of drug-likeness (QED) is 0.849. The lowest BCUT2D eigenvalue weighted by Crippen LogP contribution is -2.41. The molecule has 1 fully saturated rings. The summed E-state index contributed by atoms with van der Waals surface area (Å²) in [7, 11) is 1.61. The first-order chi connectivity index (χ1) is 13.1. The number of nitrogens with one attached hydrogen (secondary N) is 1. The Labute approximate surface area is 159 Å². The van der Waals surface area contributed by atoms with Crippen LogP contribution in [0.5, 0.6) is 5.75 Å². The van der Waals surface area contributed by atoms with Crippen molar-refractivity contribution in [3.05, 3.63) is 59.7 Å². The zero-order valence-electron chi connectivity index (χ0n) is 15.4. The second-order valence-corrected chi connectivity index (χ2v) is 6.44. The third kappa shape index (κ3) is 5.56. The van der Waals surface area contributed by atoms with Crippen molar-refractivity contribution in [1.82, 2.24) is 4.90 Å². The number of morpholine rings is 1. The largest absolute Gasteiger partial charge is 0.497 e. The van der Waals surface area contributed by atoms with Crippen molar-refractivity contribution < 1.29 is 19.1 Å². The van der Waals surface area contributed by atoms with Crippen LogP contribution >= 0.6 is 0 Å². The van der Waals surface area contributed by atoms with E-state index in [1.807, 2.05) is 53.4 Å². The molecule has 1 N–H and O–H groups in total. The van der Waals surface area contributed by atoms with Gasteiger partial charge in [-0.3, -0.25) is 9.59 Å². The molecular formula is C21H24N2O4. The van der Waals surface area contributed by atoms with Gasteiger partial charge in [0.05, 0.1) is 33.2 Å². The van der Waals surface area contributed by atoms with Crippen LogP contribution in [0.4, 0.5) is 5.69 Å². The molecule has 1 aliphatic heterocycles. The molecule has 0 atom stereocenters. The van der Waals surface area contributed by atoms with Crippen LogP contribution in [-0.2, 0) is 27.2 Å². The van der Waals surface area contributed by atoms with Crippen LogP contribution in [0.25, 0.3) is 0 Å². The van der Waals surface area contributed by atoms with Crippen molar-refractivity contribution in [2.24, 2.45) is 0 Å². The van der Waals surface area contributed by atoms with Gasteiger partial charge >= 0.3 is 0 Å². The highest BCUT2D eigenvalue weighted by Gasteiger charge is 2.16. The molecule has 2 aromatic carbocycles. The molecule has 2 amide bonds. The molecule has 1 aliphatic rings. The van der Waals surface area contributed by atoms with Gasteiger partial charge in [0.2, 0.25) is 11.8 Å². The van der Waals surface area contributed by atoms with Crippen molar-refractivity contribution >= 4 is 17.5 Å². The summed E-state index contributed by atoms with van der Waals surface area (Å²) in [5, 5.41) is 2.88. The van der Waals surface area contributed by atoms with E-state index in [1.54, 1.807) is 7.11 Å². The van der Waals surface area contributed by atoms with Crippen LogP contribution in [-0.4, -0.2) is 50.1 Å². The van der Waals surface area contributed by atoms with E-state index in [-0.39, 0.29) is 11.8 Å². The summed E-state index contributed by atoms with van der Waals surface area (Å²) in [6.07, 6.45) is 0.654. The van der Waals surface area contributed by atoms with Crippen LogP contribution in [0.15, 0.2) is 48.5 Å². The maximum absolute atomic E-state index is 12.3. The van der Waals surface area contributed by atoms with Gasteiger partial charge in [0.25, 0.3) is 0 Å². The number of carbonyl (C=O) groups is 2. The Kier molecular flexibility index (Phi) is 6.44. The number of anilines is 1. The number of ether oxygens (including phenoxy) is 2. The number of carbonyl (C=O) groups excluding carboxylic acids is 2. The van der Waals surface area contributed by atoms with E-state index >= 15 is 0 Å². The number of methoxy groups -OCH3 is 1. The smallest absolute Gasteiger partial charge is 0.228 e. The predicted molar refractivity (Wildman–Crippen MR) is 103 cm³/mol. The number of nitrogens with zero attached hydrogens (tertiary/aromatic N) is 1. The molecule has 1 heterocycles. The first-order valence-electron chi connectivity index (χ1n) is 9.01. The van der Waals surface area contributed by atoms with Crippen molar-refractivity contribution in [1.29, 1.82) is 0 Å². The SMILES string of the molecule is COc1ccc(CC(=O)Nc2ccc(CC(=O)N3CCOCC3)cc2)cc1. The lowest BCUT2D eigenvalue weighted by molar-refractivity contribution is -0.134. The molecule has 0 unspecified atom stereocenters. The summed E-state index contributed by atoms with van der Waals surface area (Å²) in [6, 6.07) is 14.8. The minimum absolute atomic E-state index is 0.0858. The summed E-state index contributed by atoms with van der Waals surface area (Å²) >= 11 is 0. The highest BCUT2D eigenvalue weighted by molar-refractivity contribution is 5.92. The molecule has 142 valence electrons. The van der Waals surface area contributed by atoms with E-state index in [0.29, 0.717) is 39.1 Å². The Morgan fingerprint density at radius 2 is 1.56 bits per heavy atom. The molecule has 6 heteroatoms. The van der Waals surface area contributed by atoms with Crippen molar-refractivity contribution in [3.8, 4) is 5.75 Å². The zero-order chi connectivity index (χ0) is 19.1. The van der Waals surface area contributed by atoms with Gasteiger partial charge in [-0.2, -0.15) is 0 Å². The van der Waals surface area contributed by atoms with Gasteiger partial charge in [-0.15, -0.1) is 0 Å². The lowest BCUT2D eigenvalue weighted by atomic mass is 10.1. The highest BCUT2D eigenvalue weighted by Crippen LogP contribution is 2.14. The third-order valence-corrected chi connectivity index (χ3v) is 4.48. The molecule has 27 heavy (non-hydrogen) atoms. The molecule has 1 saturated heterocycles. The fraction of sp³-hybridized carbons (Fsp3) is 0.333. The van der Waals surface area contributed by atoms with Gasteiger partial charge in [0, 0.05) is 18.8 Å². The molecular weight excluding hydrogens is 344 g/mol. The van der Waals surface area contributed by atoms with E-state index in [2.05, 4.69) is 5.32 Å². The van der Waals surface area contributed by atoms with E-state index < -0.39 is 0 Å². The van der Waals surface area contributed by atoms with Crippen LogP contribution < -0.4 is 10.1 Å². The Bertz CT molecular complexity index is 766. The van der Waals surface area contributed by atoms with Gasteiger partial charge in [0.1, 0.15) is 5.75 Å².